The van der Waals surface area contributed by atoms with Gasteiger partial charge in [0, 0.05) is 10.0 Å². The second-order valence-electron chi connectivity index (χ2n) is 7.48. The van der Waals surface area contributed by atoms with Crippen LogP contribution in [0.25, 0.3) is 10.8 Å². The van der Waals surface area contributed by atoms with E-state index in [1.54, 1.807) is 30.3 Å². The van der Waals surface area contributed by atoms with E-state index in [-0.39, 0.29) is 6.61 Å². The van der Waals surface area contributed by atoms with Crippen molar-refractivity contribution in [2.24, 2.45) is 5.10 Å². The van der Waals surface area contributed by atoms with Crippen molar-refractivity contribution in [2.45, 2.75) is 6.92 Å². The van der Waals surface area contributed by atoms with Crippen LogP contribution < -0.4 is 14.9 Å². The minimum atomic E-state index is -0.470. The molecule has 0 aliphatic rings. The number of fused-ring (bicyclic) bond motifs is 1. The van der Waals surface area contributed by atoms with Gasteiger partial charge in [-0.15, -0.1) is 0 Å². The first kappa shape index (κ1) is 23.2. The first-order valence-corrected chi connectivity index (χ1v) is 11.3. The lowest BCUT2D eigenvalue weighted by molar-refractivity contribution is -0.123. The lowest BCUT2D eigenvalue weighted by Gasteiger charge is -2.09. The molecule has 7 heteroatoms. The summed E-state index contributed by atoms with van der Waals surface area (Å²) in [6.45, 7) is 1.65. The molecule has 170 valence electrons. The molecule has 0 bridgehead atoms. The van der Waals surface area contributed by atoms with E-state index in [0.29, 0.717) is 22.6 Å². The zero-order chi connectivity index (χ0) is 23.9. The molecule has 4 aromatic rings. The molecule has 1 N–H and O–H groups in total. The van der Waals surface area contributed by atoms with E-state index in [2.05, 4.69) is 26.5 Å². The highest BCUT2D eigenvalue weighted by Crippen LogP contribution is 2.23. The molecule has 0 saturated carbocycles. The Morgan fingerprint density at radius 3 is 2.53 bits per heavy atom. The highest BCUT2D eigenvalue weighted by molar-refractivity contribution is 9.10. The van der Waals surface area contributed by atoms with E-state index in [1.165, 1.54) is 6.21 Å². The van der Waals surface area contributed by atoms with Gasteiger partial charge in [-0.3, -0.25) is 4.79 Å². The molecule has 0 atom stereocenters. The summed E-state index contributed by atoms with van der Waals surface area (Å²) in [6, 6.07) is 25.9. The van der Waals surface area contributed by atoms with Gasteiger partial charge in [-0.25, -0.2) is 10.2 Å². The third-order valence-corrected chi connectivity index (χ3v) is 5.52. The summed E-state index contributed by atoms with van der Waals surface area (Å²) in [7, 11) is 0. The quantitative estimate of drug-likeness (QED) is 0.149. The number of nitrogens with one attached hydrogen (secondary N) is 1. The summed E-state index contributed by atoms with van der Waals surface area (Å²) in [5.74, 6) is 0.0258. The summed E-state index contributed by atoms with van der Waals surface area (Å²) in [5, 5.41) is 6.11. The molecule has 34 heavy (non-hydrogen) atoms. The minimum Gasteiger partial charge on any atom is -0.484 e. The fourth-order valence-corrected chi connectivity index (χ4v) is 3.66. The van der Waals surface area contributed by atoms with Crippen LogP contribution in [0.5, 0.6) is 11.5 Å². The Labute approximate surface area is 205 Å². The smallest absolute Gasteiger partial charge is 0.343 e. The summed E-state index contributed by atoms with van der Waals surface area (Å²) in [5.41, 5.74) is 4.25. The molecule has 0 aliphatic heterocycles. The number of nitrogens with zero attached hydrogens (tertiary/aromatic N) is 1. The molecule has 0 radical (unpaired) electrons. The predicted octanol–water partition coefficient (Wildman–Crippen LogP) is 5.66. The van der Waals surface area contributed by atoms with Gasteiger partial charge in [-0.2, -0.15) is 5.10 Å². The van der Waals surface area contributed by atoms with Gasteiger partial charge in [0.2, 0.25) is 0 Å². The molecule has 0 heterocycles. The second-order valence-corrected chi connectivity index (χ2v) is 8.39. The number of amides is 1. The molecule has 4 rings (SSSR count). The maximum Gasteiger partial charge on any atom is 0.343 e. The van der Waals surface area contributed by atoms with E-state index in [0.717, 1.165) is 20.8 Å². The van der Waals surface area contributed by atoms with Crippen LogP contribution in [0, 0.1) is 6.92 Å². The van der Waals surface area contributed by atoms with Crippen molar-refractivity contribution < 1.29 is 19.1 Å². The normalized spacial score (nSPS) is 10.9. The Balaban J connectivity index is 1.38. The highest BCUT2D eigenvalue weighted by atomic mass is 79.9. The largest absolute Gasteiger partial charge is 0.484 e. The van der Waals surface area contributed by atoms with Crippen molar-refractivity contribution in [3.05, 3.63) is 106 Å². The Morgan fingerprint density at radius 2 is 1.71 bits per heavy atom. The van der Waals surface area contributed by atoms with Gasteiger partial charge in [0.25, 0.3) is 5.91 Å². The standard InChI is InChI=1S/C27H21BrN2O4/c1-18-6-2-5-9-24(18)27(32)34-25-13-11-22(28)14-21(25)16-29-30-26(31)17-33-23-12-10-19-7-3-4-8-20(19)15-23/h2-16H,17H2,1H3,(H,30,31)/b29-16-. The van der Waals surface area contributed by atoms with Crippen LogP contribution in [0.1, 0.15) is 21.5 Å². The molecule has 0 spiro atoms. The van der Waals surface area contributed by atoms with Gasteiger partial charge in [-0.05, 0) is 59.7 Å². The number of hydrogen-bond acceptors (Lipinski definition) is 5. The Bertz CT molecular complexity index is 1380. The van der Waals surface area contributed by atoms with Crippen molar-refractivity contribution in [1.29, 1.82) is 0 Å². The van der Waals surface area contributed by atoms with E-state index < -0.39 is 11.9 Å². The van der Waals surface area contributed by atoms with Gasteiger partial charge in [-0.1, -0.05) is 64.5 Å². The number of ether oxygens (including phenoxy) is 2. The Kier molecular flexibility index (Phi) is 7.34. The molecule has 4 aromatic carbocycles. The van der Waals surface area contributed by atoms with Gasteiger partial charge in [0.05, 0.1) is 11.8 Å². The zero-order valence-electron chi connectivity index (χ0n) is 18.3. The van der Waals surface area contributed by atoms with E-state index in [9.17, 15) is 9.59 Å². The van der Waals surface area contributed by atoms with Gasteiger partial charge in [0.1, 0.15) is 11.5 Å². The van der Waals surface area contributed by atoms with Gasteiger partial charge >= 0.3 is 5.97 Å². The molecule has 0 unspecified atom stereocenters. The van der Waals surface area contributed by atoms with Gasteiger partial charge in [0.15, 0.2) is 6.61 Å². The van der Waals surface area contributed by atoms with Crippen molar-refractivity contribution >= 4 is 44.8 Å². The van der Waals surface area contributed by atoms with Crippen LogP contribution in [0.4, 0.5) is 0 Å². The molecule has 0 aliphatic carbocycles. The van der Waals surface area contributed by atoms with E-state index in [1.807, 2.05) is 61.5 Å². The second kappa shape index (κ2) is 10.8. The monoisotopic (exact) mass is 516 g/mol. The molecule has 0 saturated heterocycles. The van der Waals surface area contributed by atoms with Crippen LogP contribution >= 0.6 is 15.9 Å². The lowest BCUT2D eigenvalue weighted by Crippen LogP contribution is -2.24. The number of rotatable bonds is 7. The Morgan fingerprint density at radius 1 is 0.941 bits per heavy atom. The van der Waals surface area contributed by atoms with Crippen LogP contribution in [-0.2, 0) is 4.79 Å². The van der Waals surface area contributed by atoms with Crippen LogP contribution in [0.3, 0.4) is 0 Å². The number of halogens is 1. The van der Waals surface area contributed by atoms with Crippen molar-refractivity contribution in [3.8, 4) is 11.5 Å². The maximum absolute atomic E-state index is 12.6. The number of hydrogen-bond donors (Lipinski definition) is 1. The van der Waals surface area contributed by atoms with Gasteiger partial charge < -0.3 is 9.47 Å². The third kappa shape index (κ3) is 5.88. The molecule has 0 fully saturated rings. The lowest BCUT2D eigenvalue weighted by atomic mass is 10.1. The predicted molar refractivity (Wildman–Crippen MR) is 135 cm³/mol. The third-order valence-electron chi connectivity index (χ3n) is 5.02. The fourth-order valence-electron chi connectivity index (χ4n) is 3.28. The van der Waals surface area contributed by atoms with Crippen molar-refractivity contribution in [1.82, 2.24) is 5.43 Å². The number of carbonyl (C=O) groups excluding carboxylic acids is 2. The van der Waals surface area contributed by atoms with Crippen LogP contribution in [0.15, 0.2) is 94.5 Å². The molecule has 1 amide bonds. The molecular formula is C27H21BrN2O4. The number of carbonyl (C=O) groups is 2. The summed E-state index contributed by atoms with van der Waals surface area (Å²) in [4.78, 5) is 24.8. The average Bonchev–Trinajstić information content (AvgIpc) is 2.84. The van der Waals surface area contributed by atoms with E-state index >= 15 is 0 Å². The molecular weight excluding hydrogens is 496 g/mol. The average molecular weight is 517 g/mol. The SMILES string of the molecule is Cc1ccccc1C(=O)Oc1ccc(Br)cc1/C=N\NC(=O)COc1ccc2ccccc2c1. The summed E-state index contributed by atoms with van der Waals surface area (Å²) in [6.07, 6.45) is 1.42. The fraction of sp³-hybridized carbons (Fsp3) is 0.0741. The summed E-state index contributed by atoms with van der Waals surface area (Å²) >= 11 is 3.40. The number of benzene rings is 4. The summed E-state index contributed by atoms with van der Waals surface area (Å²) < 4.78 is 11.9. The number of hydrazone groups is 1. The molecule has 6 nitrogen and oxygen atoms in total. The number of esters is 1. The number of aryl methyl sites for hydroxylation is 1. The van der Waals surface area contributed by atoms with E-state index in [4.69, 9.17) is 9.47 Å². The van der Waals surface area contributed by atoms with Crippen molar-refractivity contribution in [2.75, 3.05) is 6.61 Å². The van der Waals surface area contributed by atoms with Crippen LogP contribution in [0.2, 0.25) is 0 Å². The van der Waals surface area contributed by atoms with Crippen molar-refractivity contribution in [3.63, 3.8) is 0 Å². The first-order valence-electron chi connectivity index (χ1n) is 10.5. The molecule has 0 aromatic heterocycles. The van der Waals surface area contributed by atoms with Crippen LogP contribution in [-0.4, -0.2) is 24.7 Å². The topological polar surface area (TPSA) is 77.0 Å². The minimum absolute atomic E-state index is 0.191. The maximum atomic E-state index is 12.6. The first-order chi connectivity index (χ1) is 16.5. The Hall–Kier alpha value is -3.97. The zero-order valence-corrected chi connectivity index (χ0v) is 19.9. The highest BCUT2D eigenvalue weighted by Gasteiger charge is 2.13.